The number of hydrogen-bond acceptors (Lipinski definition) is 3. The molecule has 0 radical (unpaired) electrons. The molecule has 0 spiro atoms. The third kappa shape index (κ3) is 2.78. The van der Waals surface area contributed by atoms with Crippen LogP contribution in [0.5, 0.6) is 0 Å². The van der Waals surface area contributed by atoms with Crippen LogP contribution >= 0.6 is 11.6 Å². The molecular formula is C14H16ClN3O2. The van der Waals surface area contributed by atoms with Crippen LogP contribution < -0.4 is 16.0 Å². The fourth-order valence-corrected chi connectivity index (χ4v) is 2.91. The molecule has 5 nitrogen and oxygen atoms in total. The number of nitrogens with one attached hydrogen (secondary N) is 3. The van der Waals surface area contributed by atoms with E-state index in [0.29, 0.717) is 23.6 Å². The van der Waals surface area contributed by atoms with E-state index >= 15 is 0 Å². The van der Waals surface area contributed by atoms with Gasteiger partial charge >= 0.3 is 0 Å². The molecule has 0 saturated carbocycles. The van der Waals surface area contributed by atoms with Crippen molar-refractivity contribution >= 4 is 34.8 Å². The fraction of sp³-hybridized carbons (Fsp3) is 0.429. The first-order chi connectivity index (χ1) is 9.61. The molecule has 1 aromatic rings. The minimum absolute atomic E-state index is 0.0466. The van der Waals surface area contributed by atoms with Crippen molar-refractivity contribution < 1.29 is 9.59 Å². The molecule has 2 aliphatic rings. The summed E-state index contributed by atoms with van der Waals surface area (Å²) in [5, 5.41) is 9.29. The predicted molar refractivity (Wildman–Crippen MR) is 78.1 cm³/mol. The highest BCUT2D eigenvalue weighted by Crippen LogP contribution is 2.33. The number of hydrogen-bond donors (Lipinski definition) is 3. The van der Waals surface area contributed by atoms with Crippen molar-refractivity contribution in [2.75, 3.05) is 17.2 Å². The summed E-state index contributed by atoms with van der Waals surface area (Å²) >= 11 is 6.13. The van der Waals surface area contributed by atoms with Gasteiger partial charge in [0.25, 0.3) is 0 Å². The predicted octanol–water partition coefficient (Wildman–Crippen LogP) is 1.92. The van der Waals surface area contributed by atoms with Crippen LogP contribution in [0.25, 0.3) is 0 Å². The Bertz CT molecular complexity index is 568. The summed E-state index contributed by atoms with van der Waals surface area (Å²) in [7, 11) is 0. The third-order valence-corrected chi connectivity index (χ3v) is 4.00. The number of anilines is 2. The van der Waals surface area contributed by atoms with E-state index in [9.17, 15) is 9.59 Å². The zero-order chi connectivity index (χ0) is 14.1. The van der Waals surface area contributed by atoms with Crippen LogP contribution in [0.2, 0.25) is 5.02 Å². The first kappa shape index (κ1) is 13.4. The normalized spacial score (nSPS) is 20.6. The monoisotopic (exact) mass is 293 g/mol. The van der Waals surface area contributed by atoms with Crippen molar-refractivity contribution in [3.05, 3.63) is 22.7 Å². The summed E-state index contributed by atoms with van der Waals surface area (Å²) in [5.74, 6) is -0.0989. The van der Waals surface area contributed by atoms with Crippen LogP contribution in [0, 0.1) is 0 Å². The molecule has 1 fully saturated rings. The summed E-state index contributed by atoms with van der Waals surface area (Å²) in [5.41, 5.74) is 2.18. The average molecular weight is 294 g/mol. The van der Waals surface area contributed by atoms with Gasteiger partial charge in [0.15, 0.2) is 0 Å². The van der Waals surface area contributed by atoms with E-state index in [2.05, 4.69) is 16.0 Å². The molecule has 3 N–H and O–H groups in total. The zero-order valence-electron chi connectivity index (χ0n) is 11.0. The van der Waals surface area contributed by atoms with Crippen LogP contribution in [0.1, 0.15) is 24.8 Å². The lowest BCUT2D eigenvalue weighted by Gasteiger charge is -2.12. The molecule has 1 saturated heterocycles. The van der Waals surface area contributed by atoms with E-state index in [1.54, 1.807) is 12.1 Å². The van der Waals surface area contributed by atoms with Gasteiger partial charge in [-0.05, 0) is 37.1 Å². The van der Waals surface area contributed by atoms with Crippen molar-refractivity contribution in [2.45, 2.75) is 31.7 Å². The minimum atomic E-state index is -0.0523. The SMILES string of the molecule is O=C(CC1CCCN1)Nc1cc2c(cc1Cl)NC(=O)C2. The summed E-state index contributed by atoms with van der Waals surface area (Å²) < 4.78 is 0. The Kier molecular flexibility index (Phi) is 3.63. The first-order valence-corrected chi connectivity index (χ1v) is 7.15. The zero-order valence-corrected chi connectivity index (χ0v) is 11.7. The van der Waals surface area contributed by atoms with Crippen LogP contribution in [-0.4, -0.2) is 24.4 Å². The fourth-order valence-electron chi connectivity index (χ4n) is 2.70. The third-order valence-electron chi connectivity index (χ3n) is 3.69. The molecule has 1 atom stereocenters. The lowest BCUT2D eigenvalue weighted by atomic mass is 10.1. The molecule has 2 heterocycles. The Hall–Kier alpha value is -1.59. The van der Waals surface area contributed by atoms with Crippen molar-refractivity contribution in [3.63, 3.8) is 0 Å². The lowest BCUT2D eigenvalue weighted by molar-refractivity contribution is -0.116. The molecule has 3 rings (SSSR count). The summed E-state index contributed by atoms with van der Waals surface area (Å²) in [6, 6.07) is 3.72. The van der Waals surface area contributed by atoms with Crippen LogP contribution in [0.15, 0.2) is 12.1 Å². The second kappa shape index (κ2) is 5.42. The Morgan fingerprint density at radius 2 is 2.30 bits per heavy atom. The molecule has 0 aliphatic carbocycles. The number of rotatable bonds is 3. The van der Waals surface area contributed by atoms with Gasteiger partial charge in [0.05, 0.1) is 17.1 Å². The Labute approximate surface area is 122 Å². The van der Waals surface area contributed by atoms with Gasteiger partial charge in [-0.25, -0.2) is 0 Å². The molecule has 0 aromatic heterocycles. The van der Waals surface area contributed by atoms with E-state index in [4.69, 9.17) is 11.6 Å². The van der Waals surface area contributed by atoms with E-state index in [1.807, 2.05) is 0 Å². The molecule has 106 valence electrons. The number of amides is 2. The van der Waals surface area contributed by atoms with E-state index in [0.717, 1.165) is 30.6 Å². The van der Waals surface area contributed by atoms with Crippen molar-refractivity contribution in [1.29, 1.82) is 0 Å². The standard InChI is InChI=1S/C14H16ClN3O2/c15-10-7-11-8(5-13(19)17-11)4-12(10)18-14(20)6-9-2-1-3-16-9/h4,7,9,16H,1-3,5-6H2,(H,17,19)(H,18,20). The molecule has 1 aromatic carbocycles. The Morgan fingerprint density at radius 1 is 1.45 bits per heavy atom. The maximum Gasteiger partial charge on any atom is 0.228 e. The van der Waals surface area contributed by atoms with Crippen molar-refractivity contribution in [2.24, 2.45) is 0 Å². The van der Waals surface area contributed by atoms with Gasteiger partial charge in [0.2, 0.25) is 11.8 Å². The van der Waals surface area contributed by atoms with Crippen LogP contribution in [0.4, 0.5) is 11.4 Å². The molecule has 20 heavy (non-hydrogen) atoms. The molecular weight excluding hydrogens is 278 g/mol. The molecule has 2 amide bonds. The lowest BCUT2D eigenvalue weighted by Crippen LogP contribution is -2.27. The molecule has 1 unspecified atom stereocenters. The van der Waals surface area contributed by atoms with Gasteiger partial charge in [-0.2, -0.15) is 0 Å². The van der Waals surface area contributed by atoms with Crippen LogP contribution in [0.3, 0.4) is 0 Å². The molecule has 6 heteroatoms. The molecule has 0 bridgehead atoms. The maximum atomic E-state index is 12.0. The highest BCUT2D eigenvalue weighted by Gasteiger charge is 2.21. The van der Waals surface area contributed by atoms with Crippen LogP contribution in [-0.2, 0) is 16.0 Å². The summed E-state index contributed by atoms with van der Waals surface area (Å²) in [6.07, 6.45) is 2.93. The van der Waals surface area contributed by atoms with Crippen molar-refractivity contribution in [3.8, 4) is 0 Å². The number of halogens is 1. The van der Waals surface area contributed by atoms with Gasteiger partial charge in [0.1, 0.15) is 0 Å². The average Bonchev–Trinajstić information content (AvgIpc) is 2.98. The second-order valence-electron chi connectivity index (χ2n) is 5.26. The number of carbonyl (C=O) groups is 2. The van der Waals surface area contributed by atoms with Gasteiger partial charge in [0, 0.05) is 18.2 Å². The van der Waals surface area contributed by atoms with Gasteiger partial charge in [-0.15, -0.1) is 0 Å². The molecule has 2 aliphatic heterocycles. The van der Waals surface area contributed by atoms with Gasteiger partial charge in [-0.1, -0.05) is 11.6 Å². The van der Waals surface area contributed by atoms with Gasteiger partial charge < -0.3 is 16.0 Å². The minimum Gasteiger partial charge on any atom is -0.325 e. The van der Waals surface area contributed by atoms with E-state index in [1.165, 1.54) is 0 Å². The highest BCUT2D eigenvalue weighted by molar-refractivity contribution is 6.34. The van der Waals surface area contributed by atoms with Gasteiger partial charge in [-0.3, -0.25) is 9.59 Å². The highest BCUT2D eigenvalue weighted by atomic mass is 35.5. The second-order valence-corrected chi connectivity index (χ2v) is 5.67. The quantitative estimate of drug-likeness (QED) is 0.797. The topological polar surface area (TPSA) is 70.2 Å². The van der Waals surface area contributed by atoms with E-state index < -0.39 is 0 Å². The van der Waals surface area contributed by atoms with Crippen molar-refractivity contribution in [1.82, 2.24) is 5.32 Å². The maximum absolute atomic E-state index is 12.0. The Balaban J connectivity index is 1.69. The smallest absolute Gasteiger partial charge is 0.228 e. The number of fused-ring (bicyclic) bond motifs is 1. The first-order valence-electron chi connectivity index (χ1n) is 6.77. The largest absolute Gasteiger partial charge is 0.325 e. The van der Waals surface area contributed by atoms with E-state index in [-0.39, 0.29) is 17.9 Å². The number of carbonyl (C=O) groups excluding carboxylic acids is 2. The summed E-state index contributed by atoms with van der Waals surface area (Å²) in [4.78, 5) is 23.3. The Morgan fingerprint density at radius 3 is 3.05 bits per heavy atom. The summed E-state index contributed by atoms with van der Waals surface area (Å²) in [6.45, 7) is 0.978. The number of benzene rings is 1.